The molecular weight excluding hydrogens is 260 g/mol. The number of hydrogen-bond acceptors (Lipinski definition) is 4. The van der Waals surface area contributed by atoms with E-state index in [2.05, 4.69) is 22.0 Å². The van der Waals surface area contributed by atoms with Gasteiger partial charge in [0, 0.05) is 24.2 Å². The highest BCUT2D eigenvalue weighted by atomic mass is 35.5. The number of aromatic nitrogens is 2. The Bertz CT molecular complexity index is 541. The number of halogens is 1. The first-order chi connectivity index (χ1) is 9.13. The van der Waals surface area contributed by atoms with Gasteiger partial charge in [0.05, 0.1) is 12.2 Å². The Morgan fingerprint density at radius 1 is 1.26 bits per heavy atom. The number of rotatable bonds is 4. The zero-order valence-electron chi connectivity index (χ0n) is 11.0. The maximum atomic E-state index is 5.91. The second-order valence-corrected chi connectivity index (χ2v) is 4.86. The summed E-state index contributed by atoms with van der Waals surface area (Å²) in [5.74, 6) is 0.812. The van der Waals surface area contributed by atoms with Crippen LogP contribution in [-0.2, 0) is 6.54 Å². The third-order valence-corrected chi connectivity index (χ3v) is 3.52. The lowest BCUT2D eigenvalue weighted by Gasteiger charge is -2.27. The van der Waals surface area contributed by atoms with Gasteiger partial charge in [-0.25, -0.2) is 0 Å². The number of hydrogen-bond donors (Lipinski definition) is 1. The molecule has 0 amide bonds. The van der Waals surface area contributed by atoms with Crippen molar-refractivity contribution < 1.29 is 0 Å². The van der Waals surface area contributed by atoms with Crippen molar-refractivity contribution in [3.05, 3.63) is 52.7 Å². The first-order valence-electron chi connectivity index (χ1n) is 6.12. The summed E-state index contributed by atoms with van der Waals surface area (Å²) in [6.07, 6.45) is 1.66. The lowest BCUT2D eigenvalue weighted by Crippen LogP contribution is -2.24. The van der Waals surface area contributed by atoms with Crippen LogP contribution in [0.5, 0.6) is 0 Å². The molecule has 1 aromatic heterocycles. The van der Waals surface area contributed by atoms with Gasteiger partial charge in [0.15, 0.2) is 5.82 Å². The molecule has 2 rings (SSSR count). The van der Waals surface area contributed by atoms with Crippen molar-refractivity contribution in [1.82, 2.24) is 10.2 Å². The molecule has 0 bridgehead atoms. The van der Waals surface area contributed by atoms with E-state index < -0.39 is 0 Å². The Morgan fingerprint density at radius 2 is 1.95 bits per heavy atom. The molecule has 0 saturated carbocycles. The molecule has 0 spiro atoms. The maximum absolute atomic E-state index is 5.91. The minimum absolute atomic E-state index is 0.166. The van der Waals surface area contributed by atoms with E-state index in [0.717, 1.165) is 16.4 Å². The molecule has 2 N–H and O–H groups in total. The summed E-state index contributed by atoms with van der Waals surface area (Å²) < 4.78 is 0. The molecular formula is C14H17ClN4. The zero-order valence-corrected chi connectivity index (χ0v) is 11.8. The van der Waals surface area contributed by atoms with Crippen LogP contribution in [0.25, 0.3) is 0 Å². The van der Waals surface area contributed by atoms with Gasteiger partial charge < -0.3 is 10.6 Å². The van der Waals surface area contributed by atoms with Crippen LogP contribution in [0.2, 0.25) is 5.02 Å². The van der Waals surface area contributed by atoms with Crippen molar-refractivity contribution in [3.8, 4) is 0 Å². The normalized spacial score (nSPS) is 12.2. The van der Waals surface area contributed by atoms with E-state index in [9.17, 15) is 0 Å². The molecule has 4 nitrogen and oxygen atoms in total. The zero-order chi connectivity index (χ0) is 13.8. The third kappa shape index (κ3) is 3.03. The highest BCUT2D eigenvalue weighted by Crippen LogP contribution is 2.26. The molecule has 19 heavy (non-hydrogen) atoms. The SMILES string of the molecule is CC(c1ccc(Cl)cc1)N(C)c1nnccc1CN. The minimum Gasteiger partial charge on any atom is -0.351 e. The lowest BCUT2D eigenvalue weighted by atomic mass is 10.1. The summed E-state index contributed by atoms with van der Waals surface area (Å²) in [7, 11) is 1.99. The van der Waals surface area contributed by atoms with Crippen LogP contribution in [-0.4, -0.2) is 17.2 Å². The Morgan fingerprint density at radius 3 is 2.58 bits per heavy atom. The smallest absolute Gasteiger partial charge is 0.156 e. The van der Waals surface area contributed by atoms with E-state index in [-0.39, 0.29) is 6.04 Å². The molecule has 1 heterocycles. The van der Waals surface area contributed by atoms with E-state index in [4.69, 9.17) is 17.3 Å². The van der Waals surface area contributed by atoms with Crippen molar-refractivity contribution >= 4 is 17.4 Å². The van der Waals surface area contributed by atoms with Gasteiger partial charge in [-0.2, -0.15) is 5.10 Å². The van der Waals surface area contributed by atoms with Gasteiger partial charge in [-0.15, -0.1) is 5.10 Å². The van der Waals surface area contributed by atoms with Crippen molar-refractivity contribution in [2.24, 2.45) is 5.73 Å². The quantitative estimate of drug-likeness (QED) is 0.933. The van der Waals surface area contributed by atoms with Crippen LogP contribution < -0.4 is 10.6 Å². The van der Waals surface area contributed by atoms with Gasteiger partial charge in [0.1, 0.15) is 0 Å². The van der Waals surface area contributed by atoms with E-state index in [1.165, 1.54) is 5.56 Å². The second-order valence-electron chi connectivity index (χ2n) is 4.42. The van der Waals surface area contributed by atoms with Crippen LogP contribution >= 0.6 is 11.6 Å². The van der Waals surface area contributed by atoms with Gasteiger partial charge >= 0.3 is 0 Å². The van der Waals surface area contributed by atoms with Gasteiger partial charge in [-0.05, 0) is 30.7 Å². The molecule has 0 fully saturated rings. The summed E-state index contributed by atoms with van der Waals surface area (Å²) in [5.41, 5.74) is 7.89. The molecule has 0 aliphatic heterocycles. The molecule has 0 saturated heterocycles. The molecule has 1 aromatic carbocycles. The summed E-state index contributed by atoms with van der Waals surface area (Å²) in [6, 6.07) is 9.88. The highest BCUT2D eigenvalue weighted by molar-refractivity contribution is 6.30. The minimum atomic E-state index is 0.166. The summed E-state index contributed by atoms with van der Waals surface area (Å²) in [5, 5.41) is 8.86. The van der Waals surface area contributed by atoms with Gasteiger partial charge in [0.25, 0.3) is 0 Å². The Labute approximate surface area is 118 Å². The monoisotopic (exact) mass is 276 g/mol. The molecule has 1 atom stereocenters. The number of benzene rings is 1. The fourth-order valence-electron chi connectivity index (χ4n) is 1.95. The maximum Gasteiger partial charge on any atom is 0.156 e. The second kappa shape index (κ2) is 5.99. The largest absolute Gasteiger partial charge is 0.351 e. The Kier molecular flexibility index (Phi) is 4.35. The van der Waals surface area contributed by atoms with Crippen LogP contribution in [0.3, 0.4) is 0 Å². The summed E-state index contributed by atoms with van der Waals surface area (Å²) in [6.45, 7) is 2.56. The predicted molar refractivity (Wildman–Crippen MR) is 78.2 cm³/mol. The fraction of sp³-hybridized carbons (Fsp3) is 0.286. The van der Waals surface area contributed by atoms with E-state index >= 15 is 0 Å². The molecule has 0 aliphatic rings. The first-order valence-corrected chi connectivity index (χ1v) is 6.50. The number of nitrogens with zero attached hydrogens (tertiary/aromatic N) is 3. The van der Waals surface area contributed by atoms with E-state index in [1.54, 1.807) is 6.20 Å². The van der Waals surface area contributed by atoms with Crippen LogP contribution in [0.1, 0.15) is 24.1 Å². The topological polar surface area (TPSA) is 55.0 Å². The van der Waals surface area contributed by atoms with Crippen molar-refractivity contribution in [2.75, 3.05) is 11.9 Å². The van der Waals surface area contributed by atoms with Crippen LogP contribution in [0.4, 0.5) is 5.82 Å². The van der Waals surface area contributed by atoms with E-state index in [0.29, 0.717) is 6.54 Å². The van der Waals surface area contributed by atoms with Gasteiger partial charge in [0.2, 0.25) is 0 Å². The summed E-state index contributed by atoms with van der Waals surface area (Å²) in [4.78, 5) is 2.07. The number of nitrogens with two attached hydrogens (primary N) is 1. The van der Waals surface area contributed by atoms with Crippen molar-refractivity contribution in [1.29, 1.82) is 0 Å². The third-order valence-electron chi connectivity index (χ3n) is 3.27. The molecule has 2 aromatic rings. The molecule has 0 aliphatic carbocycles. The first kappa shape index (κ1) is 13.8. The predicted octanol–water partition coefficient (Wildman–Crippen LogP) is 2.79. The molecule has 100 valence electrons. The molecule has 0 radical (unpaired) electrons. The van der Waals surface area contributed by atoms with Crippen LogP contribution in [0.15, 0.2) is 36.5 Å². The standard InChI is InChI=1S/C14H17ClN4/c1-10(11-3-5-13(15)6-4-11)19(2)14-12(9-16)7-8-17-18-14/h3-8,10H,9,16H2,1-2H3. The molecule has 5 heteroatoms. The van der Waals surface area contributed by atoms with Crippen molar-refractivity contribution in [3.63, 3.8) is 0 Å². The lowest BCUT2D eigenvalue weighted by molar-refractivity contribution is 0.713. The Balaban J connectivity index is 2.28. The average Bonchev–Trinajstić information content (AvgIpc) is 2.46. The van der Waals surface area contributed by atoms with Gasteiger partial charge in [-0.3, -0.25) is 0 Å². The Hall–Kier alpha value is -1.65. The highest BCUT2D eigenvalue weighted by Gasteiger charge is 2.16. The fourth-order valence-corrected chi connectivity index (χ4v) is 2.08. The van der Waals surface area contributed by atoms with Crippen LogP contribution in [0, 0.1) is 0 Å². The van der Waals surface area contributed by atoms with Crippen molar-refractivity contribution in [2.45, 2.75) is 19.5 Å². The number of anilines is 1. The summed E-state index contributed by atoms with van der Waals surface area (Å²) >= 11 is 5.91. The van der Waals surface area contributed by atoms with Gasteiger partial charge in [-0.1, -0.05) is 23.7 Å². The average molecular weight is 277 g/mol. The molecule has 1 unspecified atom stereocenters. The van der Waals surface area contributed by atoms with E-state index in [1.807, 2.05) is 37.4 Å².